The average Bonchev–Trinajstić information content (AvgIpc) is 2.19. The predicted octanol–water partition coefficient (Wildman–Crippen LogP) is 0.998. The third-order valence-corrected chi connectivity index (χ3v) is 3.94. The number of ether oxygens (including phenoxy) is 1. The molecule has 0 amide bonds. The van der Waals surface area contributed by atoms with Gasteiger partial charge in [-0.2, -0.15) is 11.8 Å². The van der Waals surface area contributed by atoms with E-state index < -0.39 is 5.54 Å². The lowest BCUT2D eigenvalue weighted by molar-refractivity contribution is 0.1000. The van der Waals surface area contributed by atoms with Crippen molar-refractivity contribution in [3.63, 3.8) is 0 Å². The van der Waals surface area contributed by atoms with Crippen LogP contribution in [-0.4, -0.2) is 41.5 Å². The van der Waals surface area contributed by atoms with E-state index in [1.165, 1.54) is 0 Å². The van der Waals surface area contributed by atoms with E-state index >= 15 is 0 Å². The van der Waals surface area contributed by atoms with Crippen molar-refractivity contribution >= 4 is 11.8 Å². The number of aliphatic hydroxyl groups is 1. The summed E-state index contributed by atoms with van der Waals surface area (Å²) >= 11 is 1.97. The highest BCUT2D eigenvalue weighted by atomic mass is 32.2. The summed E-state index contributed by atoms with van der Waals surface area (Å²) in [6, 6.07) is 0. The Morgan fingerprint density at radius 1 is 1.50 bits per heavy atom. The van der Waals surface area contributed by atoms with E-state index in [0.29, 0.717) is 0 Å². The molecule has 1 aliphatic rings. The van der Waals surface area contributed by atoms with Gasteiger partial charge in [-0.25, -0.2) is 0 Å². The van der Waals surface area contributed by atoms with Crippen LogP contribution in [0.2, 0.25) is 0 Å². The van der Waals surface area contributed by atoms with Crippen LogP contribution < -0.4 is 5.73 Å². The Kier molecular flexibility index (Phi) is 5.23. The molecule has 1 rings (SSSR count). The van der Waals surface area contributed by atoms with Crippen molar-refractivity contribution in [2.24, 2.45) is 5.73 Å². The lowest BCUT2D eigenvalue weighted by Crippen LogP contribution is -2.40. The SMILES string of the molecule is CC(N)(CO)CCSC1CCOCC1. The van der Waals surface area contributed by atoms with Gasteiger partial charge in [0.1, 0.15) is 0 Å². The Morgan fingerprint density at radius 2 is 2.14 bits per heavy atom. The van der Waals surface area contributed by atoms with E-state index in [1.807, 2.05) is 18.7 Å². The molecule has 0 radical (unpaired) electrons. The smallest absolute Gasteiger partial charge is 0.0608 e. The topological polar surface area (TPSA) is 55.5 Å². The molecule has 0 bridgehead atoms. The molecule has 1 atom stereocenters. The predicted molar refractivity (Wildman–Crippen MR) is 60.6 cm³/mol. The second kappa shape index (κ2) is 5.95. The molecule has 14 heavy (non-hydrogen) atoms. The van der Waals surface area contributed by atoms with E-state index in [4.69, 9.17) is 15.6 Å². The molecule has 0 aliphatic carbocycles. The van der Waals surface area contributed by atoms with Gasteiger partial charge < -0.3 is 15.6 Å². The number of thioether (sulfide) groups is 1. The lowest BCUT2D eigenvalue weighted by Gasteiger charge is -2.25. The largest absolute Gasteiger partial charge is 0.394 e. The number of hydrogen-bond donors (Lipinski definition) is 2. The van der Waals surface area contributed by atoms with E-state index in [2.05, 4.69) is 0 Å². The zero-order chi connectivity index (χ0) is 10.4. The summed E-state index contributed by atoms with van der Waals surface area (Å²) < 4.78 is 5.29. The van der Waals surface area contributed by atoms with Crippen molar-refractivity contribution in [2.75, 3.05) is 25.6 Å². The van der Waals surface area contributed by atoms with Crippen molar-refractivity contribution in [3.8, 4) is 0 Å². The second-order valence-corrected chi connectivity index (χ2v) is 5.65. The molecule has 84 valence electrons. The maximum atomic E-state index is 8.98. The Hall–Kier alpha value is 0.230. The first-order valence-corrected chi connectivity index (χ1v) is 6.28. The monoisotopic (exact) mass is 219 g/mol. The van der Waals surface area contributed by atoms with E-state index in [-0.39, 0.29) is 6.61 Å². The molecule has 1 saturated heterocycles. The molecule has 1 unspecified atom stereocenters. The molecular formula is C10H21NO2S. The maximum absolute atomic E-state index is 8.98. The Morgan fingerprint density at radius 3 is 2.71 bits per heavy atom. The van der Waals surface area contributed by atoms with Gasteiger partial charge in [-0.1, -0.05) is 0 Å². The minimum Gasteiger partial charge on any atom is -0.394 e. The summed E-state index contributed by atoms with van der Waals surface area (Å²) in [4.78, 5) is 0. The van der Waals surface area contributed by atoms with Crippen LogP contribution in [0.3, 0.4) is 0 Å². The number of hydrogen-bond acceptors (Lipinski definition) is 4. The number of rotatable bonds is 5. The quantitative estimate of drug-likeness (QED) is 0.724. The molecule has 0 saturated carbocycles. The van der Waals surface area contributed by atoms with Gasteiger partial charge >= 0.3 is 0 Å². The van der Waals surface area contributed by atoms with Gasteiger partial charge in [0.15, 0.2) is 0 Å². The minimum atomic E-state index is -0.405. The van der Waals surface area contributed by atoms with Crippen molar-refractivity contribution in [1.82, 2.24) is 0 Å². The molecule has 0 spiro atoms. The summed E-state index contributed by atoms with van der Waals surface area (Å²) in [5.41, 5.74) is 5.44. The zero-order valence-corrected chi connectivity index (χ0v) is 9.68. The minimum absolute atomic E-state index is 0.0708. The zero-order valence-electron chi connectivity index (χ0n) is 8.87. The molecule has 0 aromatic heterocycles. The van der Waals surface area contributed by atoms with Gasteiger partial charge in [-0.3, -0.25) is 0 Å². The molecular weight excluding hydrogens is 198 g/mol. The third-order valence-electron chi connectivity index (χ3n) is 2.56. The summed E-state index contributed by atoms with van der Waals surface area (Å²) in [6.45, 7) is 3.77. The van der Waals surface area contributed by atoms with Gasteiger partial charge in [0.2, 0.25) is 0 Å². The molecule has 1 fully saturated rings. The van der Waals surface area contributed by atoms with Gasteiger partial charge in [0, 0.05) is 24.0 Å². The fraction of sp³-hybridized carbons (Fsp3) is 1.00. The van der Waals surface area contributed by atoms with Crippen molar-refractivity contribution in [3.05, 3.63) is 0 Å². The van der Waals surface area contributed by atoms with Crippen LogP contribution in [0, 0.1) is 0 Å². The van der Waals surface area contributed by atoms with Crippen LogP contribution >= 0.6 is 11.8 Å². The summed E-state index contributed by atoms with van der Waals surface area (Å²) in [7, 11) is 0. The third kappa shape index (κ3) is 4.64. The van der Waals surface area contributed by atoms with Gasteiger partial charge in [0.25, 0.3) is 0 Å². The van der Waals surface area contributed by atoms with E-state index in [0.717, 1.165) is 43.5 Å². The van der Waals surface area contributed by atoms with Crippen LogP contribution in [0.1, 0.15) is 26.2 Å². The summed E-state index contributed by atoms with van der Waals surface area (Å²) in [6.07, 6.45) is 3.20. The van der Waals surface area contributed by atoms with Gasteiger partial charge in [0.05, 0.1) is 6.61 Å². The molecule has 0 aromatic carbocycles. The van der Waals surface area contributed by atoms with E-state index in [9.17, 15) is 0 Å². The van der Waals surface area contributed by atoms with Crippen LogP contribution in [0.4, 0.5) is 0 Å². The average molecular weight is 219 g/mol. The summed E-state index contributed by atoms with van der Waals surface area (Å²) in [5.74, 6) is 1.04. The molecule has 3 N–H and O–H groups in total. The van der Waals surface area contributed by atoms with Crippen LogP contribution in [0.5, 0.6) is 0 Å². The normalized spacial score (nSPS) is 23.4. The molecule has 3 nitrogen and oxygen atoms in total. The first-order valence-electron chi connectivity index (χ1n) is 5.23. The van der Waals surface area contributed by atoms with Crippen molar-refractivity contribution in [2.45, 2.75) is 37.0 Å². The first-order chi connectivity index (χ1) is 6.64. The number of aliphatic hydroxyl groups excluding tert-OH is 1. The van der Waals surface area contributed by atoms with Crippen LogP contribution in [-0.2, 0) is 4.74 Å². The van der Waals surface area contributed by atoms with Crippen LogP contribution in [0.25, 0.3) is 0 Å². The number of nitrogens with two attached hydrogens (primary N) is 1. The highest BCUT2D eigenvalue weighted by Gasteiger charge is 2.19. The standard InChI is InChI=1S/C10H21NO2S/c1-10(11,8-12)4-7-14-9-2-5-13-6-3-9/h9,12H,2-8,11H2,1H3. The fourth-order valence-electron chi connectivity index (χ4n) is 1.38. The Bertz CT molecular complexity index is 158. The van der Waals surface area contributed by atoms with Crippen molar-refractivity contribution < 1.29 is 9.84 Å². The maximum Gasteiger partial charge on any atom is 0.0608 e. The molecule has 1 aliphatic heterocycles. The highest BCUT2D eigenvalue weighted by molar-refractivity contribution is 7.99. The highest BCUT2D eigenvalue weighted by Crippen LogP contribution is 2.23. The van der Waals surface area contributed by atoms with Crippen molar-refractivity contribution in [1.29, 1.82) is 0 Å². The van der Waals surface area contributed by atoms with E-state index in [1.54, 1.807) is 0 Å². The fourth-order valence-corrected chi connectivity index (χ4v) is 2.82. The second-order valence-electron chi connectivity index (χ2n) is 4.24. The molecule has 0 aromatic rings. The first kappa shape index (κ1) is 12.3. The molecule has 4 heteroatoms. The lowest BCUT2D eigenvalue weighted by atomic mass is 10.0. The summed E-state index contributed by atoms with van der Waals surface area (Å²) in [5, 5.41) is 9.71. The Balaban J connectivity index is 2.08. The van der Waals surface area contributed by atoms with Crippen LogP contribution in [0.15, 0.2) is 0 Å². The van der Waals surface area contributed by atoms with Gasteiger partial charge in [-0.15, -0.1) is 0 Å². The molecule has 1 heterocycles. The Labute approximate surface area is 90.4 Å². The van der Waals surface area contributed by atoms with Gasteiger partial charge in [-0.05, 0) is 31.9 Å².